The Bertz CT molecular complexity index is 281. The van der Waals surface area contributed by atoms with Crippen molar-refractivity contribution in [1.82, 2.24) is 9.80 Å². The first kappa shape index (κ1) is 11.0. The van der Waals surface area contributed by atoms with Crippen LogP contribution in [0.5, 0.6) is 0 Å². The zero-order valence-electron chi connectivity index (χ0n) is 9.03. The average molecular weight is 229 g/mol. The highest BCUT2D eigenvalue weighted by Crippen LogP contribution is 2.22. The first-order chi connectivity index (χ1) is 7.25. The van der Waals surface area contributed by atoms with Crippen molar-refractivity contribution in [1.29, 1.82) is 0 Å². The summed E-state index contributed by atoms with van der Waals surface area (Å²) in [6.07, 6.45) is 1.68. The lowest BCUT2D eigenvalue weighted by Gasteiger charge is -2.33. The Balaban J connectivity index is 1.82. The minimum atomic E-state index is -0.0246. The minimum absolute atomic E-state index is 0.0246. The normalized spacial score (nSPS) is 21.7. The molecule has 2 rings (SSSR count). The maximum absolute atomic E-state index is 6.27. The Labute approximate surface area is 95.6 Å². The molecule has 1 fully saturated rings. The molecule has 1 aromatic heterocycles. The average Bonchev–Trinajstić information content (AvgIpc) is 2.74. The highest BCUT2D eigenvalue weighted by atomic mass is 35.5. The van der Waals surface area contributed by atoms with Crippen molar-refractivity contribution in [3.05, 3.63) is 24.2 Å². The lowest BCUT2D eigenvalue weighted by molar-refractivity contribution is 0.152. The van der Waals surface area contributed by atoms with Gasteiger partial charge in [0, 0.05) is 32.7 Å². The molecule has 1 saturated heterocycles. The Hall–Kier alpha value is -0.510. The van der Waals surface area contributed by atoms with E-state index in [9.17, 15) is 0 Å². The molecule has 0 aliphatic carbocycles. The fraction of sp³-hybridized carbons (Fsp3) is 0.636. The Morgan fingerprint density at radius 1 is 1.40 bits per heavy atom. The van der Waals surface area contributed by atoms with E-state index in [2.05, 4.69) is 16.8 Å². The molecule has 15 heavy (non-hydrogen) atoms. The van der Waals surface area contributed by atoms with Crippen LogP contribution in [0.2, 0.25) is 0 Å². The molecule has 0 amide bonds. The summed E-state index contributed by atoms with van der Waals surface area (Å²) in [5, 5.41) is -0.0246. The molecule has 0 spiro atoms. The van der Waals surface area contributed by atoms with Gasteiger partial charge in [0.05, 0.1) is 6.26 Å². The number of furan rings is 1. The van der Waals surface area contributed by atoms with Crippen LogP contribution in [0.15, 0.2) is 22.8 Å². The second-order valence-corrected chi connectivity index (χ2v) is 4.61. The van der Waals surface area contributed by atoms with Crippen LogP contribution in [-0.4, -0.2) is 49.6 Å². The summed E-state index contributed by atoms with van der Waals surface area (Å²) < 4.78 is 5.29. The van der Waals surface area contributed by atoms with Crippen molar-refractivity contribution in [3.63, 3.8) is 0 Å². The van der Waals surface area contributed by atoms with Gasteiger partial charge in [-0.25, -0.2) is 0 Å². The number of nitrogens with zero attached hydrogens (tertiary/aromatic N) is 2. The molecule has 0 bridgehead atoms. The van der Waals surface area contributed by atoms with E-state index >= 15 is 0 Å². The molecule has 1 aromatic rings. The summed E-state index contributed by atoms with van der Waals surface area (Å²) in [6, 6.07) is 3.82. The molecule has 1 aliphatic rings. The molecule has 1 unspecified atom stereocenters. The molecule has 84 valence electrons. The molecule has 4 heteroatoms. The van der Waals surface area contributed by atoms with Crippen LogP contribution in [-0.2, 0) is 0 Å². The minimum Gasteiger partial charge on any atom is -0.468 e. The molecule has 1 aliphatic heterocycles. The van der Waals surface area contributed by atoms with Gasteiger partial charge < -0.3 is 9.32 Å². The van der Waals surface area contributed by atoms with Crippen molar-refractivity contribution in [3.8, 4) is 0 Å². The van der Waals surface area contributed by atoms with Gasteiger partial charge in [-0.3, -0.25) is 4.90 Å². The summed E-state index contributed by atoms with van der Waals surface area (Å²) in [7, 11) is 2.15. The number of halogens is 1. The van der Waals surface area contributed by atoms with E-state index in [4.69, 9.17) is 16.0 Å². The first-order valence-corrected chi connectivity index (χ1v) is 5.78. The maximum Gasteiger partial charge on any atom is 0.122 e. The summed E-state index contributed by atoms with van der Waals surface area (Å²) in [6.45, 7) is 5.33. The molecule has 1 atom stereocenters. The number of rotatable bonds is 3. The molecule has 2 heterocycles. The fourth-order valence-electron chi connectivity index (χ4n) is 1.82. The molecule has 0 aromatic carbocycles. The van der Waals surface area contributed by atoms with E-state index in [0.717, 1.165) is 38.5 Å². The topological polar surface area (TPSA) is 19.6 Å². The zero-order chi connectivity index (χ0) is 10.7. The number of hydrogen-bond donors (Lipinski definition) is 0. The third-order valence-electron chi connectivity index (χ3n) is 2.87. The van der Waals surface area contributed by atoms with Crippen LogP contribution in [0.3, 0.4) is 0 Å². The SMILES string of the molecule is CN1CCN(CC(Cl)c2ccco2)CC1. The van der Waals surface area contributed by atoms with E-state index < -0.39 is 0 Å². The second kappa shape index (κ2) is 5.01. The van der Waals surface area contributed by atoms with Gasteiger partial charge in [0.2, 0.25) is 0 Å². The molecular weight excluding hydrogens is 212 g/mol. The Morgan fingerprint density at radius 3 is 2.73 bits per heavy atom. The molecule has 0 saturated carbocycles. The largest absolute Gasteiger partial charge is 0.468 e. The van der Waals surface area contributed by atoms with E-state index in [-0.39, 0.29) is 5.38 Å². The second-order valence-electron chi connectivity index (χ2n) is 4.09. The predicted molar refractivity (Wildman–Crippen MR) is 61.2 cm³/mol. The highest BCUT2D eigenvalue weighted by molar-refractivity contribution is 6.20. The highest BCUT2D eigenvalue weighted by Gasteiger charge is 2.19. The third-order valence-corrected chi connectivity index (χ3v) is 3.22. The van der Waals surface area contributed by atoms with Gasteiger partial charge >= 0.3 is 0 Å². The number of piperazine rings is 1. The van der Waals surface area contributed by atoms with Gasteiger partial charge in [0.15, 0.2) is 0 Å². The first-order valence-electron chi connectivity index (χ1n) is 5.34. The van der Waals surface area contributed by atoms with Crippen molar-refractivity contribution >= 4 is 11.6 Å². The van der Waals surface area contributed by atoms with Gasteiger partial charge in [-0.2, -0.15) is 0 Å². The van der Waals surface area contributed by atoms with Crippen molar-refractivity contribution in [2.45, 2.75) is 5.38 Å². The monoisotopic (exact) mass is 228 g/mol. The lowest BCUT2D eigenvalue weighted by Crippen LogP contribution is -2.45. The van der Waals surface area contributed by atoms with E-state index in [0.29, 0.717) is 0 Å². The van der Waals surface area contributed by atoms with E-state index in [1.54, 1.807) is 6.26 Å². The number of alkyl halides is 1. The fourth-order valence-corrected chi connectivity index (χ4v) is 2.14. The number of hydrogen-bond acceptors (Lipinski definition) is 3. The lowest BCUT2D eigenvalue weighted by atomic mass is 10.2. The van der Waals surface area contributed by atoms with Crippen LogP contribution >= 0.6 is 11.6 Å². The third kappa shape index (κ3) is 2.97. The zero-order valence-corrected chi connectivity index (χ0v) is 9.78. The maximum atomic E-state index is 6.27. The Morgan fingerprint density at radius 2 is 2.13 bits per heavy atom. The van der Waals surface area contributed by atoms with Crippen LogP contribution < -0.4 is 0 Å². The van der Waals surface area contributed by atoms with Gasteiger partial charge in [-0.15, -0.1) is 11.6 Å². The van der Waals surface area contributed by atoms with E-state index in [1.807, 2.05) is 12.1 Å². The van der Waals surface area contributed by atoms with Gasteiger partial charge in [0.1, 0.15) is 11.1 Å². The Kier molecular flexibility index (Phi) is 3.67. The smallest absolute Gasteiger partial charge is 0.122 e. The quantitative estimate of drug-likeness (QED) is 0.736. The summed E-state index contributed by atoms with van der Waals surface area (Å²) in [4.78, 5) is 4.73. The van der Waals surface area contributed by atoms with Crippen molar-refractivity contribution < 1.29 is 4.42 Å². The van der Waals surface area contributed by atoms with Crippen LogP contribution in [0.25, 0.3) is 0 Å². The van der Waals surface area contributed by atoms with Crippen molar-refractivity contribution in [2.24, 2.45) is 0 Å². The van der Waals surface area contributed by atoms with Gasteiger partial charge in [0.25, 0.3) is 0 Å². The van der Waals surface area contributed by atoms with Crippen molar-refractivity contribution in [2.75, 3.05) is 39.8 Å². The van der Waals surface area contributed by atoms with Crippen LogP contribution in [0.1, 0.15) is 11.1 Å². The van der Waals surface area contributed by atoms with Crippen LogP contribution in [0.4, 0.5) is 0 Å². The van der Waals surface area contributed by atoms with Gasteiger partial charge in [-0.1, -0.05) is 0 Å². The molecule has 0 radical (unpaired) electrons. The molecular formula is C11H17ClN2O. The predicted octanol–water partition coefficient (Wildman–Crippen LogP) is 1.81. The summed E-state index contributed by atoms with van der Waals surface area (Å²) in [5.74, 6) is 0.871. The molecule has 3 nitrogen and oxygen atoms in total. The van der Waals surface area contributed by atoms with Crippen LogP contribution in [0, 0.1) is 0 Å². The summed E-state index contributed by atoms with van der Waals surface area (Å²) >= 11 is 6.27. The van der Waals surface area contributed by atoms with Gasteiger partial charge in [-0.05, 0) is 19.2 Å². The molecule has 0 N–H and O–H groups in total. The summed E-state index contributed by atoms with van der Waals surface area (Å²) in [5.41, 5.74) is 0. The standard InChI is InChI=1S/C11H17ClN2O/c1-13-4-6-14(7-5-13)9-10(12)11-3-2-8-15-11/h2-3,8,10H,4-7,9H2,1H3. The number of likely N-dealkylation sites (N-methyl/N-ethyl adjacent to an activating group) is 1. The van der Waals surface area contributed by atoms with E-state index in [1.165, 1.54) is 0 Å².